The van der Waals surface area contributed by atoms with Gasteiger partial charge in [0, 0.05) is 10.5 Å². The first-order chi connectivity index (χ1) is 15.5. The van der Waals surface area contributed by atoms with Crippen LogP contribution in [0.1, 0.15) is 43.2 Å². The van der Waals surface area contributed by atoms with Crippen LogP contribution < -0.4 is 14.8 Å². The van der Waals surface area contributed by atoms with E-state index in [1.165, 1.54) is 6.42 Å². The van der Waals surface area contributed by atoms with E-state index < -0.39 is 0 Å². The molecule has 4 rings (SSSR count). The molecule has 2 aliphatic rings. The molecule has 1 N–H and O–H groups in total. The van der Waals surface area contributed by atoms with Crippen molar-refractivity contribution in [2.75, 3.05) is 7.11 Å². The van der Waals surface area contributed by atoms with Crippen molar-refractivity contribution in [3.05, 3.63) is 62.2 Å². The zero-order valence-electron chi connectivity index (χ0n) is 17.7. The average molecular weight is 580 g/mol. The highest BCUT2D eigenvalue weighted by Crippen LogP contribution is 2.38. The second kappa shape index (κ2) is 10.4. The summed E-state index contributed by atoms with van der Waals surface area (Å²) in [5.74, 6) is 1.13. The van der Waals surface area contributed by atoms with Crippen LogP contribution in [-0.4, -0.2) is 29.1 Å². The zero-order chi connectivity index (χ0) is 22.7. The monoisotopic (exact) mass is 578 g/mol. The Morgan fingerprint density at radius 1 is 1.16 bits per heavy atom. The van der Waals surface area contributed by atoms with Crippen molar-refractivity contribution in [3.63, 3.8) is 0 Å². The third-order valence-electron chi connectivity index (χ3n) is 5.71. The molecule has 32 heavy (non-hydrogen) atoms. The molecule has 8 heteroatoms. The third-order valence-corrected chi connectivity index (χ3v) is 7.13. The van der Waals surface area contributed by atoms with Gasteiger partial charge in [0.15, 0.2) is 16.6 Å². The van der Waals surface area contributed by atoms with Gasteiger partial charge in [0.25, 0.3) is 5.91 Å². The first kappa shape index (κ1) is 23.3. The minimum Gasteiger partial charge on any atom is -0.493 e. The van der Waals surface area contributed by atoms with Gasteiger partial charge in [-0.05, 0) is 82.5 Å². The molecule has 2 fully saturated rings. The van der Waals surface area contributed by atoms with Crippen LogP contribution in [-0.2, 0) is 11.4 Å². The molecule has 0 aromatic heterocycles. The van der Waals surface area contributed by atoms with E-state index in [-0.39, 0.29) is 11.9 Å². The number of halogens is 2. The Bertz CT molecular complexity index is 1050. The molecular weight excluding hydrogens is 556 g/mol. The van der Waals surface area contributed by atoms with Gasteiger partial charge in [-0.25, -0.2) is 0 Å². The first-order valence-corrected chi connectivity index (χ1v) is 12.6. The number of hydrogen-bond acceptors (Lipinski definition) is 4. The standard InChI is InChI=1S/C24H24Br2N2O3S/c1-30-21-13-16(11-19(26)22(21)31-14-15-7-9-17(25)10-8-15)12-20-23(29)28(24(32)27-20)18-5-3-2-4-6-18/h7-13,18H,2-6,14H2,1H3,(H,27,32)/b20-12-. The topological polar surface area (TPSA) is 50.8 Å². The fraction of sp³-hybridized carbons (Fsp3) is 0.333. The van der Waals surface area contributed by atoms with Crippen LogP contribution in [0, 0.1) is 0 Å². The Morgan fingerprint density at radius 2 is 1.88 bits per heavy atom. The molecule has 1 aliphatic carbocycles. The Balaban J connectivity index is 1.53. The summed E-state index contributed by atoms with van der Waals surface area (Å²) >= 11 is 12.5. The molecule has 0 atom stereocenters. The van der Waals surface area contributed by atoms with Crippen LogP contribution in [0.15, 0.2) is 51.0 Å². The number of amides is 1. The number of benzene rings is 2. The molecule has 2 aromatic rings. The minimum atomic E-state index is -0.0624. The van der Waals surface area contributed by atoms with Gasteiger partial charge < -0.3 is 14.8 Å². The van der Waals surface area contributed by atoms with Gasteiger partial charge in [0.05, 0.1) is 11.6 Å². The van der Waals surface area contributed by atoms with Gasteiger partial charge in [0.1, 0.15) is 12.3 Å². The minimum absolute atomic E-state index is 0.0624. The summed E-state index contributed by atoms with van der Waals surface area (Å²) in [4.78, 5) is 14.8. The van der Waals surface area contributed by atoms with Gasteiger partial charge in [-0.3, -0.25) is 9.69 Å². The zero-order valence-corrected chi connectivity index (χ0v) is 21.7. The number of carbonyl (C=O) groups is 1. The SMILES string of the molecule is COc1cc(/C=C2\NC(=S)N(C3CCCCC3)C2=O)cc(Br)c1OCc1ccc(Br)cc1. The molecule has 0 unspecified atom stereocenters. The fourth-order valence-electron chi connectivity index (χ4n) is 4.09. The molecule has 1 saturated carbocycles. The normalized spacial score (nSPS) is 18.2. The van der Waals surface area contributed by atoms with E-state index >= 15 is 0 Å². The number of rotatable bonds is 6. The number of nitrogens with zero attached hydrogens (tertiary/aromatic N) is 1. The number of ether oxygens (including phenoxy) is 2. The maximum absolute atomic E-state index is 13.0. The smallest absolute Gasteiger partial charge is 0.276 e. The number of thiocarbonyl (C=S) groups is 1. The van der Waals surface area contributed by atoms with E-state index in [0.717, 1.165) is 45.8 Å². The van der Waals surface area contributed by atoms with Gasteiger partial charge in [-0.15, -0.1) is 0 Å². The lowest BCUT2D eigenvalue weighted by atomic mass is 9.94. The van der Waals surface area contributed by atoms with E-state index in [0.29, 0.717) is 28.9 Å². The molecule has 0 bridgehead atoms. The molecule has 1 saturated heterocycles. The van der Waals surface area contributed by atoms with Crippen molar-refractivity contribution in [2.24, 2.45) is 0 Å². The van der Waals surface area contributed by atoms with Crippen LogP contribution in [0.2, 0.25) is 0 Å². The molecule has 0 radical (unpaired) electrons. The van der Waals surface area contributed by atoms with Gasteiger partial charge in [0.2, 0.25) is 0 Å². The number of methoxy groups -OCH3 is 1. The summed E-state index contributed by atoms with van der Waals surface area (Å²) in [5.41, 5.74) is 2.34. The Morgan fingerprint density at radius 3 is 2.56 bits per heavy atom. The molecule has 1 aliphatic heterocycles. The second-order valence-electron chi connectivity index (χ2n) is 7.90. The maximum Gasteiger partial charge on any atom is 0.276 e. The van der Waals surface area contributed by atoms with Gasteiger partial charge in [-0.2, -0.15) is 0 Å². The van der Waals surface area contributed by atoms with Crippen molar-refractivity contribution >= 4 is 61.2 Å². The predicted molar refractivity (Wildman–Crippen MR) is 137 cm³/mol. The molecular formula is C24H24Br2N2O3S. The van der Waals surface area contributed by atoms with Crippen LogP contribution in [0.25, 0.3) is 6.08 Å². The first-order valence-electron chi connectivity index (χ1n) is 10.6. The maximum atomic E-state index is 13.0. The molecule has 1 heterocycles. The van der Waals surface area contributed by atoms with Gasteiger partial charge in [-0.1, -0.05) is 47.3 Å². The highest BCUT2D eigenvalue weighted by molar-refractivity contribution is 9.10. The lowest BCUT2D eigenvalue weighted by Crippen LogP contribution is -2.41. The van der Waals surface area contributed by atoms with Crippen molar-refractivity contribution in [1.29, 1.82) is 0 Å². The average Bonchev–Trinajstić information content (AvgIpc) is 3.07. The summed E-state index contributed by atoms with van der Waals surface area (Å²) in [6.07, 6.45) is 7.33. The van der Waals surface area contributed by atoms with Crippen LogP contribution in [0.3, 0.4) is 0 Å². The number of nitrogens with one attached hydrogen (secondary N) is 1. The van der Waals surface area contributed by atoms with E-state index in [4.69, 9.17) is 21.7 Å². The van der Waals surface area contributed by atoms with E-state index in [9.17, 15) is 4.79 Å². The predicted octanol–water partition coefficient (Wildman–Crippen LogP) is 6.19. The second-order valence-corrected chi connectivity index (χ2v) is 10.1. The van der Waals surface area contributed by atoms with E-state index in [1.54, 1.807) is 12.0 Å². The fourth-order valence-corrected chi connectivity index (χ4v) is 5.27. The van der Waals surface area contributed by atoms with Crippen LogP contribution in [0.4, 0.5) is 0 Å². The van der Waals surface area contributed by atoms with Crippen molar-refractivity contribution < 1.29 is 14.3 Å². The Labute approximate surface area is 210 Å². The molecule has 5 nitrogen and oxygen atoms in total. The quantitative estimate of drug-likeness (QED) is 0.327. The molecule has 2 aromatic carbocycles. The summed E-state index contributed by atoms with van der Waals surface area (Å²) in [6, 6.07) is 11.9. The Kier molecular flexibility index (Phi) is 7.53. The van der Waals surface area contributed by atoms with Crippen LogP contribution in [0.5, 0.6) is 11.5 Å². The lowest BCUT2D eigenvalue weighted by molar-refractivity contribution is -0.124. The Hall–Kier alpha value is -1.90. The highest BCUT2D eigenvalue weighted by Gasteiger charge is 2.36. The summed E-state index contributed by atoms with van der Waals surface area (Å²) in [6.45, 7) is 0.410. The van der Waals surface area contributed by atoms with Crippen LogP contribution >= 0.6 is 44.1 Å². The van der Waals surface area contributed by atoms with E-state index in [1.807, 2.05) is 42.5 Å². The van der Waals surface area contributed by atoms with Crippen molar-refractivity contribution in [3.8, 4) is 11.5 Å². The van der Waals surface area contributed by atoms with Crippen molar-refractivity contribution in [1.82, 2.24) is 10.2 Å². The third kappa shape index (κ3) is 5.18. The summed E-state index contributed by atoms with van der Waals surface area (Å²) < 4.78 is 13.4. The number of hydrogen-bond donors (Lipinski definition) is 1. The highest BCUT2D eigenvalue weighted by atomic mass is 79.9. The molecule has 1 amide bonds. The molecule has 0 spiro atoms. The van der Waals surface area contributed by atoms with Gasteiger partial charge >= 0.3 is 0 Å². The number of carbonyl (C=O) groups excluding carboxylic acids is 1. The molecule has 168 valence electrons. The summed E-state index contributed by atoms with van der Waals surface area (Å²) in [7, 11) is 1.60. The van der Waals surface area contributed by atoms with Crippen molar-refractivity contribution in [2.45, 2.75) is 44.8 Å². The van der Waals surface area contributed by atoms with E-state index in [2.05, 4.69) is 37.2 Å². The largest absolute Gasteiger partial charge is 0.493 e. The summed E-state index contributed by atoms with van der Waals surface area (Å²) in [5, 5.41) is 3.59. The lowest BCUT2D eigenvalue weighted by Gasteiger charge is -2.29.